The fraction of sp³-hybridized carbons (Fsp3) is 0.0769. The summed E-state index contributed by atoms with van der Waals surface area (Å²) >= 11 is 0. The minimum Gasteiger partial charge on any atom is -0.526 e. The van der Waals surface area contributed by atoms with Crippen LogP contribution in [0, 0.1) is 13.8 Å². The van der Waals surface area contributed by atoms with E-state index in [0.717, 1.165) is 18.8 Å². The molecule has 0 aromatic heterocycles. The Morgan fingerprint density at radius 3 is 1.32 bits per heavy atom. The van der Waals surface area contributed by atoms with Crippen molar-refractivity contribution in [3.63, 3.8) is 0 Å². The first kappa shape index (κ1) is 26.1. The molecule has 8 nitrogen and oxygen atoms in total. The fourth-order valence-electron chi connectivity index (χ4n) is 3.26. The Labute approximate surface area is 217 Å². The van der Waals surface area contributed by atoms with Crippen LogP contribution in [0.5, 0.6) is 11.5 Å². The topological polar surface area (TPSA) is 111 Å². The van der Waals surface area contributed by atoms with E-state index in [-0.39, 0.29) is 9.79 Å². The molecule has 0 bridgehead atoms. The van der Waals surface area contributed by atoms with Crippen LogP contribution in [0.2, 0.25) is 0 Å². The van der Waals surface area contributed by atoms with Crippen LogP contribution in [0.4, 0.5) is 11.4 Å². The average molecular weight is 535 g/mol. The third-order valence-electron chi connectivity index (χ3n) is 5.20. The minimum absolute atomic E-state index is 0.150. The number of hydrogen-bond acceptors (Lipinski definition) is 6. The molecule has 0 amide bonds. The highest BCUT2D eigenvalue weighted by atomic mass is 32.2. The molecule has 0 heterocycles. The van der Waals surface area contributed by atoms with Gasteiger partial charge in [-0.05, 0) is 62.4 Å². The Bertz CT molecular complexity index is 1470. The molecule has 11 heteroatoms. The van der Waals surface area contributed by atoms with Crippen LogP contribution in [0.15, 0.2) is 107 Å². The summed E-state index contributed by atoms with van der Waals surface area (Å²) in [5.74, 6) is 0.667. The molecule has 2 N–H and O–H groups in total. The highest BCUT2D eigenvalue weighted by Crippen LogP contribution is 2.23. The first-order chi connectivity index (χ1) is 17.6. The molecule has 0 atom stereocenters. The van der Waals surface area contributed by atoms with Crippen molar-refractivity contribution >= 4 is 39.1 Å². The van der Waals surface area contributed by atoms with Gasteiger partial charge in [0.25, 0.3) is 20.0 Å². The molecule has 0 aliphatic carbocycles. The van der Waals surface area contributed by atoms with Gasteiger partial charge in [-0.25, -0.2) is 16.8 Å². The predicted octanol–water partition coefficient (Wildman–Crippen LogP) is 4.90. The number of rotatable bonds is 10. The maximum atomic E-state index is 12.6. The van der Waals surface area contributed by atoms with E-state index < -0.39 is 20.0 Å². The van der Waals surface area contributed by atoms with Gasteiger partial charge in [-0.2, -0.15) is 0 Å². The van der Waals surface area contributed by atoms with E-state index in [1.165, 1.54) is 36.4 Å². The van der Waals surface area contributed by atoms with Crippen LogP contribution in [0.3, 0.4) is 0 Å². The van der Waals surface area contributed by atoms with E-state index in [0.29, 0.717) is 22.9 Å². The Hall–Kier alpha value is -3.96. The first-order valence-electron chi connectivity index (χ1n) is 11.1. The second-order valence-electron chi connectivity index (χ2n) is 8.22. The van der Waals surface area contributed by atoms with Crippen LogP contribution in [0.25, 0.3) is 0 Å². The van der Waals surface area contributed by atoms with Crippen molar-refractivity contribution in [2.24, 2.45) is 0 Å². The molecule has 0 saturated heterocycles. The minimum atomic E-state index is -3.76. The molecular formula is C26H24BN2O6S2. The number of sulfonamides is 2. The van der Waals surface area contributed by atoms with Crippen molar-refractivity contribution in [3.05, 3.63) is 108 Å². The molecule has 0 spiro atoms. The monoisotopic (exact) mass is 535 g/mol. The second-order valence-corrected chi connectivity index (χ2v) is 11.6. The number of benzene rings is 4. The lowest BCUT2D eigenvalue weighted by molar-refractivity contribution is 0.459. The van der Waals surface area contributed by atoms with Crippen molar-refractivity contribution < 1.29 is 26.1 Å². The van der Waals surface area contributed by atoms with Crippen LogP contribution in [-0.2, 0) is 20.0 Å². The molecule has 1 radical (unpaired) electrons. The zero-order valence-corrected chi connectivity index (χ0v) is 21.7. The maximum Gasteiger partial charge on any atom is 0.658 e. The van der Waals surface area contributed by atoms with Crippen LogP contribution in [0.1, 0.15) is 11.1 Å². The van der Waals surface area contributed by atoms with Gasteiger partial charge in [0.05, 0.1) is 21.2 Å². The van der Waals surface area contributed by atoms with Gasteiger partial charge in [0.15, 0.2) is 0 Å². The quantitative estimate of drug-likeness (QED) is 0.280. The molecule has 0 aliphatic rings. The van der Waals surface area contributed by atoms with Gasteiger partial charge < -0.3 is 9.31 Å². The van der Waals surface area contributed by atoms with E-state index in [1.807, 2.05) is 13.8 Å². The first-order valence-corrected chi connectivity index (χ1v) is 14.1. The molecule has 0 unspecified atom stereocenters. The zero-order valence-electron chi connectivity index (χ0n) is 20.1. The molecule has 0 aliphatic heterocycles. The number of hydrogen-bond donors (Lipinski definition) is 2. The molecule has 4 aromatic carbocycles. The summed E-state index contributed by atoms with van der Waals surface area (Å²) in [5.41, 5.74) is 2.55. The van der Waals surface area contributed by atoms with Gasteiger partial charge in [0.2, 0.25) is 0 Å². The molecule has 189 valence electrons. The van der Waals surface area contributed by atoms with Crippen molar-refractivity contribution in [2.75, 3.05) is 9.44 Å². The summed E-state index contributed by atoms with van der Waals surface area (Å²) in [4.78, 5) is 0.300. The summed E-state index contributed by atoms with van der Waals surface area (Å²) in [7, 11) is -6.44. The normalized spacial score (nSPS) is 11.4. The Balaban J connectivity index is 1.36. The van der Waals surface area contributed by atoms with E-state index in [9.17, 15) is 16.8 Å². The maximum absolute atomic E-state index is 12.6. The lowest BCUT2D eigenvalue weighted by atomic mass is 10.2. The van der Waals surface area contributed by atoms with Crippen molar-refractivity contribution in [1.29, 1.82) is 0 Å². The Kier molecular flexibility index (Phi) is 7.75. The average Bonchev–Trinajstić information content (AvgIpc) is 2.84. The Morgan fingerprint density at radius 2 is 0.946 bits per heavy atom. The number of nitrogens with one attached hydrogen (secondary N) is 2. The van der Waals surface area contributed by atoms with Crippen LogP contribution >= 0.6 is 0 Å². The van der Waals surface area contributed by atoms with Crippen LogP contribution < -0.4 is 18.8 Å². The Morgan fingerprint density at radius 1 is 0.568 bits per heavy atom. The SMILES string of the molecule is Cc1ccc(S(=O)(=O)Nc2cccc(O[B]Oc3cccc(NS(=O)(=O)c4ccc(C)cc4)c3)c2)cc1. The molecule has 0 saturated carbocycles. The van der Waals surface area contributed by atoms with Gasteiger partial charge in [-0.15, -0.1) is 0 Å². The summed E-state index contributed by atoms with van der Waals surface area (Å²) in [6.07, 6.45) is 0. The third-order valence-corrected chi connectivity index (χ3v) is 8.00. The highest BCUT2D eigenvalue weighted by molar-refractivity contribution is 7.93. The van der Waals surface area contributed by atoms with E-state index in [4.69, 9.17) is 9.31 Å². The van der Waals surface area contributed by atoms with E-state index >= 15 is 0 Å². The smallest absolute Gasteiger partial charge is 0.526 e. The van der Waals surface area contributed by atoms with Gasteiger partial charge in [-0.3, -0.25) is 9.44 Å². The molecule has 0 fully saturated rings. The fourth-order valence-corrected chi connectivity index (χ4v) is 5.36. The van der Waals surface area contributed by atoms with Crippen molar-refractivity contribution in [3.8, 4) is 11.5 Å². The van der Waals surface area contributed by atoms with Gasteiger partial charge in [0.1, 0.15) is 11.5 Å². The van der Waals surface area contributed by atoms with Gasteiger partial charge >= 0.3 is 7.69 Å². The highest BCUT2D eigenvalue weighted by Gasteiger charge is 2.16. The number of anilines is 2. The third kappa shape index (κ3) is 7.05. The molecular weight excluding hydrogens is 511 g/mol. The second kappa shape index (κ2) is 11.0. The van der Waals surface area contributed by atoms with E-state index in [1.54, 1.807) is 60.7 Å². The molecule has 37 heavy (non-hydrogen) atoms. The summed E-state index contributed by atoms with van der Waals surface area (Å²) in [5, 5.41) is 0. The molecule has 4 aromatic rings. The zero-order chi connectivity index (χ0) is 26.5. The summed E-state index contributed by atoms with van der Waals surface area (Å²) < 4.78 is 66.5. The number of aryl methyl sites for hydroxylation is 2. The lowest BCUT2D eigenvalue weighted by Gasteiger charge is -2.12. The predicted molar refractivity (Wildman–Crippen MR) is 144 cm³/mol. The van der Waals surface area contributed by atoms with Crippen LogP contribution in [-0.4, -0.2) is 24.5 Å². The largest absolute Gasteiger partial charge is 0.658 e. The molecule has 4 rings (SSSR count). The van der Waals surface area contributed by atoms with Gasteiger partial charge in [-0.1, -0.05) is 47.5 Å². The summed E-state index contributed by atoms with van der Waals surface area (Å²) in [6, 6.07) is 25.8. The van der Waals surface area contributed by atoms with Gasteiger partial charge in [0, 0.05) is 12.1 Å². The van der Waals surface area contributed by atoms with E-state index in [2.05, 4.69) is 9.44 Å². The van der Waals surface area contributed by atoms with Crippen molar-refractivity contribution in [2.45, 2.75) is 23.6 Å². The summed E-state index contributed by atoms with van der Waals surface area (Å²) in [6.45, 7) is 3.76. The lowest BCUT2D eigenvalue weighted by Crippen LogP contribution is -2.14. The standard InChI is InChI=1S/C26H24BN2O6S2/c1-19-9-13-25(14-10-19)36(30,31)28-21-5-3-7-23(17-21)34-27-35-24-8-4-6-22(18-24)29-37(32,33)26-15-11-20(2)12-16-26/h3-18,28-29H,1-2H3. The van der Waals surface area contributed by atoms with Crippen molar-refractivity contribution in [1.82, 2.24) is 0 Å².